The van der Waals surface area contributed by atoms with E-state index in [4.69, 9.17) is 15.2 Å². The molecule has 1 heterocycles. The Bertz CT molecular complexity index is 474. The first kappa shape index (κ1) is 18.2. The Morgan fingerprint density at radius 1 is 1.30 bits per heavy atom. The molecule has 0 aromatic rings. The third-order valence-corrected chi connectivity index (χ3v) is 5.03. The zero-order chi connectivity index (χ0) is 17.6. The van der Waals surface area contributed by atoms with Crippen molar-refractivity contribution in [2.75, 3.05) is 6.54 Å². The highest BCUT2D eigenvalue weighted by Crippen LogP contribution is 2.45. The first-order chi connectivity index (χ1) is 10.4. The molecule has 5 nitrogen and oxygen atoms in total. The molecule has 1 saturated heterocycles. The van der Waals surface area contributed by atoms with E-state index in [1.54, 1.807) is 0 Å². The van der Waals surface area contributed by atoms with Crippen molar-refractivity contribution in [1.29, 1.82) is 0 Å². The Morgan fingerprint density at radius 3 is 2.39 bits per heavy atom. The van der Waals surface area contributed by atoms with Crippen molar-refractivity contribution in [3.63, 3.8) is 0 Å². The van der Waals surface area contributed by atoms with Crippen LogP contribution >= 0.6 is 0 Å². The topological polar surface area (TPSA) is 78.6 Å². The minimum absolute atomic E-state index is 0.0452. The second-order valence-electron chi connectivity index (χ2n) is 9.30. The third kappa shape index (κ3) is 3.87. The van der Waals surface area contributed by atoms with Crippen LogP contribution in [0.25, 0.3) is 0 Å². The maximum atomic E-state index is 12.7. The molecule has 23 heavy (non-hydrogen) atoms. The van der Waals surface area contributed by atoms with Gasteiger partial charge in [-0.15, -0.1) is 0 Å². The zero-order valence-electron chi connectivity index (χ0n) is 15.2. The van der Waals surface area contributed by atoms with Crippen LogP contribution in [-0.2, 0) is 19.1 Å². The first-order valence-corrected chi connectivity index (χ1v) is 8.55. The van der Waals surface area contributed by atoms with Gasteiger partial charge in [0, 0.05) is 12.5 Å². The van der Waals surface area contributed by atoms with Gasteiger partial charge < -0.3 is 15.2 Å². The van der Waals surface area contributed by atoms with Crippen molar-refractivity contribution in [3.05, 3.63) is 0 Å². The number of fused-ring (bicyclic) bond motifs is 1. The molecule has 0 radical (unpaired) electrons. The number of carbonyl (C=O) groups excluding carboxylic acids is 2. The molecule has 5 atom stereocenters. The molecular formula is C18H31NO4. The molecular weight excluding hydrogens is 294 g/mol. The molecule has 0 spiro atoms. The summed E-state index contributed by atoms with van der Waals surface area (Å²) in [7, 11) is 0. The van der Waals surface area contributed by atoms with Gasteiger partial charge in [-0.25, -0.2) is 0 Å². The summed E-state index contributed by atoms with van der Waals surface area (Å²) in [5, 5.41) is 0. The van der Waals surface area contributed by atoms with Crippen molar-refractivity contribution in [3.8, 4) is 0 Å². The number of carbonyl (C=O) groups is 2. The highest BCUT2D eigenvalue weighted by atomic mass is 16.6. The summed E-state index contributed by atoms with van der Waals surface area (Å²) in [6.07, 6.45) is 0.839. The zero-order valence-corrected chi connectivity index (χ0v) is 15.2. The summed E-state index contributed by atoms with van der Waals surface area (Å²) >= 11 is 0. The Balaban J connectivity index is 2.00. The first-order valence-electron chi connectivity index (χ1n) is 8.55. The van der Waals surface area contributed by atoms with Crippen LogP contribution in [0.2, 0.25) is 0 Å². The van der Waals surface area contributed by atoms with E-state index in [1.165, 1.54) is 0 Å². The Kier molecular flexibility index (Phi) is 4.82. The largest absolute Gasteiger partial charge is 0.458 e. The monoisotopic (exact) mass is 325 g/mol. The summed E-state index contributed by atoms with van der Waals surface area (Å²) in [6.45, 7) is 12.9. The molecule has 5 unspecified atom stereocenters. The lowest BCUT2D eigenvalue weighted by Gasteiger charge is -2.41. The molecule has 0 aromatic carbocycles. The fourth-order valence-electron chi connectivity index (χ4n) is 3.54. The molecule has 2 aliphatic rings. The van der Waals surface area contributed by atoms with Crippen molar-refractivity contribution in [2.24, 2.45) is 34.3 Å². The van der Waals surface area contributed by atoms with Crippen LogP contribution in [0, 0.1) is 28.6 Å². The van der Waals surface area contributed by atoms with Crippen LogP contribution in [0.15, 0.2) is 0 Å². The standard InChI is InChI=1S/C18H31NO4/c1-17(2,3)8-12(18(4,5)6)16(21)22-13-7-10-11(9-19)15(20)23-14(10)13/h10-14H,7-9,19H2,1-6H3. The number of hydrogen-bond acceptors (Lipinski definition) is 5. The second kappa shape index (κ2) is 6.08. The van der Waals surface area contributed by atoms with E-state index >= 15 is 0 Å². The van der Waals surface area contributed by atoms with Crippen LogP contribution in [-0.4, -0.2) is 30.7 Å². The predicted molar refractivity (Wildman–Crippen MR) is 87.4 cm³/mol. The van der Waals surface area contributed by atoms with Gasteiger partial charge in [0.2, 0.25) is 0 Å². The molecule has 0 aromatic heterocycles. The summed E-state index contributed by atoms with van der Waals surface area (Å²) in [4.78, 5) is 24.4. The van der Waals surface area contributed by atoms with Gasteiger partial charge >= 0.3 is 11.9 Å². The summed E-state index contributed by atoms with van der Waals surface area (Å²) < 4.78 is 11.1. The molecule has 132 valence electrons. The number of nitrogens with two attached hydrogens (primary N) is 1. The van der Waals surface area contributed by atoms with E-state index in [0.717, 1.165) is 6.42 Å². The normalized spacial score (nSPS) is 31.9. The molecule has 1 saturated carbocycles. The third-order valence-electron chi connectivity index (χ3n) is 5.03. The number of hydrogen-bond donors (Lipinski definition) is 1. The van der Waals surface area contributed by atoms with Gasteiger partial charge in [-0.05, 0) is 23.7 Å². The molecule has 2 fully saturated rings. The number of ether oxygens (including phenoxy) is 2. The Hall–Kier alpha value is -1.10. The summed E-state index contributed by atoms with van der Waals surface area (Å²) in [5.74, 6) is -0.723. The summed E-state index contributed by atoms with van der Waals surface area (Å²) in [5.41, 5.74) is 5.50. The quantitative estimate of drug-likeness (QED) is 0.804. The van der Waals surface area contributed by atoms with E-state index in [1.807, 2.05) is 0 Å². The van der Waals surface area contributed by atoms with Crippen molar-refractivity contribution >= 4 is 11.9 Å². The number of esters is 2. The molecule has 2 N–H and O–H groups in total. The second-order valence-corrected chi connectivity index (χ2v) is 9.30. The smallest absolute Gasteiger partial charge is 0.311 e. The van der Waals surface area contributed by atoms with E-state index in [2.05, 4.69) is 41.5 Å². The highest BCUT2D eigenvalue weighted by Gasteiger charge is 2.57. The molecule has 1 aliphatic carbocycles. The molecule has 0 bridgehead atoms. The van der Waals surface area contributed by atoms with E-state index in [9.17, 15) is 9.59 Å². The Labute approximate surface area is 139 Å². The number of rotatable bonds is 4. The lowest BCUT2D eigenvalue weighted by atomic mass is 9.71. The van der Waals surface area contributed by atoms with Gasteiger partial charge in [-0.2, -0.15) is 0 Å². The fourth-order valence-corrected chi connectivity index (χ4v) is 3.54. The SMILES string of the molecule is CC(C)(C)CC(C(=O)OC1CC2C(CN)C(=O)OC12)C(C)(C)C. The average Bonchev–Trinajstić information content (AvgIpc) is 2.63. The van der Waals surface area contributed by atoms with Gasteiger partial charge in [0.25, 0.3) is 0 Å². The van der Waals surface area contributed by atoms with Crippen LogP contribution in [0.5, 0.6) is 0 Å². The van der Waals surface area contributed by atoms with Crippen LogP contribution in [0.1, 0.15) is 54.4 Å². The summed E-state index contributed by atoms with van der Waals surface area (Å²) in [6, 6.07) is 0. The minimum atomic E-state index is -0.308. The molecule has 0 amide bonds. The molecule has 1 aliphatic heterocycles. The fraction of sp³-hybridized carbons (Fsp3) is 0.889. The van der Waals surface area contributed by atoms with Gasteiger partial charge in [-0.1, -0.05) is 41.5 Å². The highest BCUT2D eigenvalue weighted by molar-refractivity contribution is 5.77. The van der Waals surface area contributed by atoms with E-state index in [-0.39, 0.29) is 52.7 Å². The lowest BCUT2D eigenvalue weighted by Crippen LogP contribution is -2.50. The van der Waals surface area contributed by atoms with Crippen molar-refractivity contribution < 1.29 is 19.1 Å². The van der Waals surface area contributed by atoms with Gasteiger partial charge in [0.15, 0.2) is 0 Å². The van der Waals surface area contributed by atoms with E-state index < -0.39 is 0 Å². The van der Waals surface area contributed by atoms with Crippen LogP contribution in [0.3, 0.4) is 0 Å². The average molecular weight is 325 g/mol. The molecule has 5 heteroatoms. The van der Waals surface area contributed by atoms with Gasteiger partial charge in [-0.3, -0.25) is 9.59 Å². The van der Waals surface area contributed by atoms with Gasteiger partial charge in [0.1, 0.15) is 12.2 Å². The van der Waals surface area contributed by atoms with Crippen molar-refractivity contribution in [2.45, 2.75) is 66.6 Å². The Morgan fingerprint density at radius 2 is 1.91 bits per heavy atom. The van der Waals surface area contributed by atoms with E-state index in [0.29, 0.717) is 13.0 Å². The van der Waals surface area contributed by atoms with Crippen LogP contribution in [0.4, 0.5) is 0 Å². The van der Waals surface area contributed by atoms with Crippen LogP contribution < -0.4 is 5.73 Å². The van der Waals surface area contributed by atoms with Gasteiger partial charge in [0.05, 0.1) is 11.8 Å². The lowest BCUT2D eigenvalue weighted by molar-refractivity contribution is -0.183. The predicted octanol–water partition coefficient (Wildman–Crippen LogP) is 2.52. The minimum Gasteiger partial charge on any atom is -0.458 e. The maximum absolute atomic E-state index is 12.7. The maximum Gasteiger partial charge on any atom is 0.311 e. The van der Waals surface area contributed by atoms with Crippen molar-refractivity contribution in [1.82, 2.24) is 0 Å². The molecule has 2 rings (SSSR count).